The van der Waals surface area contributed by atoms with Crippen LogP contribution in [0.5, 0.6) is 0 Å². The van der Waals surface area contributed by atoms with Crippen LogP contribution in [-0.2, 0) is 7.05 Å². The van der Waals surface area contributed by atoms with E-state index in [-0.39, 0.29) is 0 Å². The van der Waals surface area contributed by atoms with Crippen LogP contribution in [0.15, 0.2) is 0 Å². The van der Waals surface area contributed by atoms with E-state index < -0.39 is 0 Å². The SMILES string of the molecule is Cc1nn(C)c2nc(N3CCCCCC3)sc12. The van der Waals surface area contributed by atoms with Gasteiger partial charge in [-0.1, -0.05) is 24.2 Å². The molecule has 4 nitrogen and oxygen atoms in total. The van der Waals surface area contributed by atoms with Gasteiger partial charge in [0.15, 0.2) is 10.8 Å². The number of hydrogen-bond acceptors (Lipinski definition) is 4. The third kappa shape index (κ3) is 1.92. The zero-order chi connectivity index (χ0) is 11.8. The van der Waals surface area contributed by atoms with Crippen LogP contribution in [0.2, 0.25) is 0 Å². The van der Waals surface area contributed by atoms with Gasteiger partial charge in [-0.15, -0.1) is 0 Å². The highest BCUT2D eigenvalue weighted by atomic mass is 32.1. The monoisotopic (exact) mass is 250 g/mol. The van der Waals surface area contributed by atoms with Crippen LogP contribution in [0.3, 0.4) is 0 Å². The fraction of sp³-hybridized carbons (Fsp3) is 0.667. The van der Waals surface area contributed by atoms with Crippen molar-refractivity contribution >= 4 is 26.8 Å². The molecule has 2 aromatic rings. The summed E-state index contributed by atoms with van der Waals surface area (Å²) in [6.07, 6.45) is 5.32. The number of aromatic nitrogens is 3. The van der Waals surface area contributed by atoms with Gasteiger partial charge >= 0.3 is 0 Å². The van der Waals surface area contributed by atoms with Crippen molar-refractivity contribution < 1.29 is 0 Å². The summed E-state index contributed by atoms with van der Waals surface area (Å²) in [5.74, 6) is 0. The van der Waals surface area contributed by atoms with Gasteiger partial charge in [0.25, 0.3) is 0 Å². The molecule has 0 aromatic carbocycles. The molecule has 0 spiro atoms. The molecule has 5 heteroatoms. The van der Waals surface area contributed by atoms with Gasteiger partial charge in [-0.25, -0.2) is 9.67 Å². The Morgan fingerprint density at radius 2 is 1.82 bits per heavy atom. The predicted molar refractivity (Wildman–Crippen MR) is 71.8 cm³/mol. The Kier molecular flexibility index (Phi) is 2.78. The minimum absolute atomic E-state index is 1.03. The Morgan fingerprint density at radius 1 is 1.12 bits per heavy atom. The molecule has 0 aliphatic carbocycles. The Bertz CT molecular complexity index is 485. The fourth-order valence-electron chi connectivity index (χ4n) is 2.47. The summed E-state index contributed by atoms with van der Waals surface area (Å²) in [5.41, 5.74) is 2.13. The van der Waals surface area contributed by atoms with Crippen molar-refractivity contribution in [3.63, 3.8) is 0 Å². The van der Waals surface area contributed by atoms with Crippen molar-refractivity contribution in [1.82, 2.24) is 14.8 Å². The minimum atomic E-state index is 1.03. The Hall–Kier alpha value is -1.10. The molecular weight excluding hydrogens is 232 g/mol. The van der Waals surface area contributed by atoms with E-state index in [1.165, 1.54) is 35.5 Å². The second-order valence-corrected chi connectivity index (χ2v) is 5.74. The van der Waals surface area contributed by atoms with Gasteiger partial charge in [0, 0.05) is 20.1 Å². The molecule has 0 amide bonds. The van der Waals surface area contributed by atoms with E-state index in [9.17, 15) is 0 Å². The molecule has 2 aromatic heterocycles. The van der Waals surface area contributed by atoms with Crippen molar-refractivity contribution in [2.24, 2.45) is 7.05 Å². The first-order valence-corrected chi connectivity index (χ1v) is 7.12. The normalized spacial score (nSPS) is 17.6. The molecular formula is C12H18N4S. The molecule has 1 aliphatic rings. The van der Waals surface area contributed by atoms with Crippen molar-refractivity contribution in [1.29, 1.82) is 0 Å². The maximum absolute atomic E-state index is 4.74. The molecule has 0 unspecified atom stereocenters. The highest BCUT2D eigenvalue weighted by Gasteiger charge is 2.17. The Balaban J connectivity index is 1.96. The molecule has 1 saturated heterocycles. The van der Waals surface area contributed by atoms with E-state index in [0.717, 1.165) is 24.4 Å². The average molecular weight is 250 g/mol. The summed E-state index contributed by atoms with van der Waals surface area (Å²) in [6.45, 7) is 4.38. The minimum Gasteiger partial charge on any atom is -0.348 e. The Morgan fingerprint density at radius 3 is 2.47 bits per heavy atom. The van der Waals surface area contributed by atoms with Gasteiger partial charge in [0.2, 0.25) is 0 Å². The third-order valence-corrected chi connectivity index (χ3v) is 4.62. The highest BCUT2D eigenvalue weighted by molar-refractivity contribution is 7.22. The van der Waals surface area contributed by atoms with Crippen molar-refractivity contribution in [3.05, 3.63) is 5.69 Å². The van der Waals surface area contributed by atoms with E-state index in [2.05, 4.69) is 16.9 Å². The summed E-state index contributed by atoms with van der Waals surface area (Å²) in [4.78, 5) is 7.18. The summed E-state index contributed by atoms with van der Waals surface area (Å²) in [6, 6.07) is 0. The van der Waals surface area contributed by atoms with Gasteiger partial charge in [0.05, 0.1) is 10.4 Å². The zero-order valence-corrected chi connectivity index (χ0v) is 11.3. The summed E-state index contributed by atoms with van der Waals surface area (Å²) < 4.78 is 3.13. The number of anilines is 1. The molecule has 1 aliphatic heterocycles. The van der Waals surface area contributed by atoms with E-state index in [4.69, 9.17) is 4.98 Å². The molecule has 17 heavy (non-hydrogen) atoms. The molecule has 0 bridgehead atoms. The largest absolute Gasteiger partial charge is 0.348 e. The van der Waals surface area contributed by atoms with Crippen LogP contribution in [0.25, 0.3) is 10.3 Å². The molecule has 0 atom stereocenters. The van der Waals surface area contributed by atoms with Crippen molar-refractivity contribution in [2.75, 3.05) is 18.0 Å². The highest BCUT2D eigenvalue weighted by Crippen LogP contribution is 2.31. The first kappa shape index (κ1) is 11.0. The number of thiazole rings is 1. The summed E-state index contributed by atoms with van der Waals surface area (Å²) >= 11 is 1.79. The van der Waals surface area contributed by atoms with Crippen LogP contribution in [0.1, 0.15) is 31.4 Å². The number of nitrogens with zero attached hydrogens (tertiary/aromatic N) is 4. The van der Waals surface area contributed by atoms with Crippen LogP contribution >= 0.6 is 11.3 Å². The van der Waals surface area contributed by atoms with Crippen LogP contribution in [0.4, 0.5) is 5.13 Å². The van der Waals surface area contributed by atoms with Crippen molar-refractivity contribution in [3.8, 4) is 0 Å². The molecule has 3 rings (SSSR count). The van der Waals surface area contributed by atoms with E-state index >= 15 is 0 Å². The lowest BCUT2D eigenvalue weighted by atomic mass is 10.2. The van der Waals surface area contributed by atoms with Gasteiger partial charge < -0.3 is 4.90 Å². The fourth-order valence-corrected chi connectivity index (χ4v) is 3.56. The summed E-state index contributed by atoms with van der Waals surface area (Å²) in [5, 5.41) is 5.58. The van der Waals surface area contributed by atoms with Crippen molar-refractivity contribution in [2.45, 2.75) is 32.6 Å². The third-order valence-electron chi connectivity index (χ3n) is 3.41. The lowest BCUT2D eigenvalue weighted by Gasteiger charge is -2.18. The molecule has 1 fully saturated rings. The standard InChI is InChI=1S/C12H18N4S/c1-9-10-11(15(2)14-9)13-12(17-10)16-7-5-3-4-6-8-16/h3-8H2,1-2H3. The number of hydrogen-bond donors (Lipinski definition) is 0. The predicted octanol–water partition coefficient (Wildman–Crippen LogP) is 2.72. The first-order valence-electron chi connectivity index (χ1n) is 6.31. The molecule has 92 valence electrons. The average Bonchev–Trinajstić information content (AvgIpc) is 2.71. The number of aryl methyl sites for hydroxylation is 2. The van der Waals surface area contributed by atoms with Crippen LogP contribution in [-0.4, -0.2) is 27.9 Å². The van der Waals surface area contributed by atoms with E-state index in [1.807, 2.05) is 11.7 Å². The second-order valence-electron chi connectivity index (χ2n) is 4.76. The molecule has 0 N–H and O–H groups in total. The quantitative estimate of drug-likeness (QED) is 0.780. The van der Waals surface area contributed by atoms with Gasteiger partial charge in [-0.2, -0.15) is 5.10 Å². The van der Waals surface area contributed by atoms with Gasteiger partial charge in [-0.05, 0) is 19.8 Å². The smallest absolute Gasteiger partial charge is 0.188 e. The van der Waals surface area contributed by atoms with E-state index in [1.54, 1.807) is 11.3 Å². The van der Waals surface area contributed by atoms with Crippen LogP contribution < -0.4 is 4.90 Å². The maximum Gasteiger partial charge on any atom is 0.188 e. The summed E-state index contributed by atoms with van der Waals surface area (Å²) in [7, 11) is 1.97. The Labute approximate surface area is 105 Å². The first-order chi connectivity index (χ1) is 8.25. The maximum atomic E-state index is 4.74. The number of fused-ring (bicyclic) bond motifs is 1. The zero-order valence-electron chi connectivity index (χ0n) is 10.4. The lowest BCUT2D eigenvalue weighted by Crippen LogP contribution is -2.23. The molecule has 0 radical (unpaired) electrons. The lowest BCUT2D eigenvalue weighted by molar-refractivity contribution is 0.726. The topological polar surface area (TPSA) is 34.0 Å². The second kappa shape index (κ2) is 4.29. The molecule has 0 saturated carbocycles. The molecule has 3 heterocycles. The van der Waals surface area contributed by atoms with Crippen LogP contribution in [0, 0.1) is 6.92 Å². The number of rotatable bonds is 1. The van der Waals surface area contributed by atoms with Gasteiger partial charge in [0.1, 0.15) is 0 Å². The van der Waals surface area contributed by atoms with E-state index in [0.29, 0.717) is 0 Å². The van der Waals surface area contributed by atoms with Gasteiger partial charge in [-0.3, -0.25) is 0 Å².